The van der Waals surface area contributed by atoms with Crippen molar-refractivity contribution in [3.8, 4) is 0 Å². The third-order valence-electron chi connectivity index (χ3n) is 2.87. The average molecular weight is 285 g/mol. The quantitative estimate of drug-likeness (QED) is 0.848. The number of aryl methyl sites for hydroxylation is 1. The van der Waals surface area contributed by atoms with Crippen LogP contribution in [-0.2, 0) is 11.3 Å². The number of carbonyl (C=O) groups excluding carboxylic acids is 1. The van der Waals surface area contributed by atoms with Crippen molar-refractivity contribution in [2.45, 2.75) is 13.0 Å². The molecule has 18 heavy (non-hydrogen) atoms. The molecular formula is C13H14Cl2N2O. The standard InChI is InChI=1S/C13H14Cl2N2O/c1-16(2)13(18)4-6-17-5-3-10-11(15)7-9(14)8-12(10)17/h3,5,7-8H,4,6H2,1-2H3. The van der Waals surface area contributed by atoms with Gasteiger partial charge in [-0.25, -0.2) is 0 Å². The fraction of sp³-hybridized carbons (Fsp3) is 0.308. The second kappa shape index (κ2) is 5.21. The molecule has 0 aliphatic carbocycles. The molecule has 1 aromatic heterocycles. The van der Waals surface area contributed by atoms with Crippen LogP contribution in [-0.4, -0.2) is 29.5 Å². The Balaban J connectivity index is 2.27. The Morgan fingerprint density at radius 2 is 2.06 bits per heavy atom. The molecule has 0 aliphatic heterocycles. The Bertz CT molecular complexity index is 590. The lowest BCUT2D eigenvalue weighted by molar-refractivity contribution is -0.128. The summed E-state index contributed by atoms with van der Waals surface area (Å²) in [5.41, 5.74) is 0.957. The second-order valence-corrected chi connectivity index (χ2v) is 5.21. The van der Waals surface area contributed by atoms with Gasteiger partial charge in [0.2, 0.25) is 5.91 Å². The number of nitrogens with zero attached hydrogens (tertiary/aromatic N) is 2. The Morgan fingerprint density at radius 1 is 1.33 bits per heavy atom. The zero-order valence-electron chi connectivity index (χ0n) is 10.3. The molecular weight excluding hydrogens is 271 g/mol. The van der Waals surface area contributed by atoms with Crippen LogP contribution in [0.5, 0.6) is 0 Å². The number of benzene rings is 1. The summed E-state index contributed by atoms with van der Waals surface area (Å²) in [6.45, 7) is 0.622. The Kier molecular flexibility index (Phi) is 3.83. The summed E-state index contributed by atoms with van der Waals surface area (Å²) in [6, 6.07) is 5.53. The zero-order chi connectivity index (χ0) is 13.3. The van der Waals surface area contributed by atoms with Crippen LogP contribution >= 0.6 is 23.2 Å². The molecule has 0 aliphatic rings. The lowest BCUT2D eigenvalue weighted by Gasteiger charge is -2.11. The van der Waals surface area contributed by atoms with Crippen molar-refractivity contribution >= 4 is 40.0 Å². The van der Waals surface area contributed by atoms with Crippen LogP contribution < -0.4 is 0 Å². The molecule has 0 spiro atoms. The van der Waals surface area contributed by atoms with Gasteiger partial charge >= 0.3 is 0 Å². The van der Waals surface area contributed by atoms with Gasteiger partial charge in [0, 0.05) is 43.7 Å². The zero-order valence-corrected chi connectivity index (χ0v) is 11.8. The number of fused-ring (bicyclic) bond motifs is 1. The molecule has 0 fully saturated rings. The normalized spacial score (nSPS) is 10.9. The van der Waals surface area contributed by atoms with E-state index < -0.39 is 0 Å². The fourth-order valence-electron chi connectivity index (χ4n) is 1.85. The minimum Gasteiger partial charge on any atom is -0.349 e. The second-order valence-electron chi connectivity index (χ2n) is 4.37. The largest absolute Gasteiger partial charge is 0.349 e. The van der Waals surface area contributed by atoms with Crippen molar-refractivity contribution in [1.29, 1.82) is 0 Å². The summed E-state index contributed by atoms with van der Waals surface area (Å²) in [6.07, 6.45) is 2.39. The summed E-state index contributed by atoms with van der Waals surface area (Å²) >= 11 is 12.1. The van der Waals surface area contributed by atoms with Crippen molar-refractivity contribution in [1.82, 2.24) is 9.47 Å². The number of hydrogen-bond acceptors (Lipinski definition) is 1. The number of rotatable bonds is 3. The monoisotopic (exact) mass is 284 g/mol. The van der Waals surface area contributed by atoms with Crippen LogP contribution in [0, 0.1) is 0 Å². The molecule has 0 N–H and O–H groups in total. The summed E-state index contributed by atoms with van der Waals surface area (Å²) in [5.74, 6) is 0.102. The van der Waals surface area contributed by atoms with Crippen LogP contribution in [0.4, 0.5) is 0 Å². The molecule has 0 saturated carbocycles. The molecule has 2 aromatic rings. The van der Waals surface area contributed by atoms with E-state index in [4.69, 9.17) is 23.2 Å². The van der Waals surface area contributed by atoms with E-state index in [1.807, 2.05) is 22.9 Å². The van der Waals surface area contributed by atoms with E-state index in [-0.39, 0.29) is 5.91 Å². The van der Waals surface area contributed by atoms with Crippen molar-refractivity contribution < 1.29 is 4.79 Å². The minimum atomic E-state index is 0.102. The summed E-state index contributed by atoms with van der Waals surface area (Å²) < 4.78 is 1.99. The topological polar surface area (TPSA) is 25.2 Å². The summed E-state index contributed by atoms with van der Waals surface area (Å²) in [5, 5.41) is 2.19. The Morgan fingerprint density at radius 3 is 2.72 bits per heavy atom. The molecule has 0 unspecified atom stereocenters. The fourth-order valence-corrected chi connectivity index (χ4v) is 2.40. The number of amides is 1. The third kappa shape index (κ3) is 2.62. The van der Waals surface area contributed by atoms with Crippen molar-refractivity contribution in [3.05, 3.63) is 34.4 Å². The molecule has 5 heteroatoms. The summed E-state index contributed by atoms with van der Waals surface area (Å²) in [4.78, 5) is 13.2. The van der Waals surface area contributed by atoms with E-state index in [1.165, 1.54) is 0 Å². The van der Waals surface area contributed by atoms with Gasteiger partial charge in [0.05, 0.1) is 10.5 Å². The Labute approximate surface area is 116 Å². The van der Waals surface area contributed by atoms with E-state index in [2.05, 4.69) is 0 Å². The number of halogens is 2. The molecule has 96 valence electrons. The molecule has 1 heterocycles. The molecule has 0 saturated heterocycles. The van der Waals surface area contributed by atoms with Crippen molar-refractivity contribution in [3.63, 3.8) is 0 Å². The molecule has 1 amide bonds. The minimum absolute atomic E-state index is 0.102. The first-order valence-corrected chi connectivity index (χ1v) is 6.38. The van der Waals surface area contributed by atoms with Crippen LogP contribution in [0.1, 0.15) is 6.42 Å². The van der Waals surface area contributed by atoms with Gasteiger partial charge in [-0.1, -0.05) is 23.2 Å². The Hall–Kier alpha value is -1.19. The molecule has 2 rings (SSSR count). The highest BCUT2D eigenvalue weighted by atomic mass is 35.5. The van der Waals surface area contributed by atoms with Gasteiger partial charge in [-0.3, -0.25) is 4.79 Å². The van der Waals surface area contributed by atoms with Crippen LogP contribution in [0.3, 0.4) is 0 Å². The smallest absolute Gasteiger partial charge is 0.223 e. The van der Waals surface area contributed by atoms with Crippen molar-refractivity contribution in [2.75, 3.05) is 14.1 Å². The van der Waals surface area contributed by atoms with E-state index in [1.54, 1.807) is 25.1 Å². The highest BCUT2D eigenvalue weighted by molar-refractivity contribution is 6.38. The number of carbonyl (C=O) groups is 1. The van der Waals surface area contributed by atoms with Gasteiger partial charge in [0.1, 0.15) is 0 Å². The molecule has 0 bridgehead atoms. The summed E-state index contributed by atoms with van der Waals surface area (Å²) in [7, 11) is 3.51. The van der Waals surface area contributed by atoms with E-state index in [0.29, 0.717) is 23.0 Å². The highest BCUT2D eigenvalue weighted by Gasteiger charge is 2.09. The molecule has 1 aromatic carbocycles. The van der Waals surface area contributed by atoms with Crippen LogP contribution in [0.2, 0.25) is 10.0 Å². The first-order valence-electron chi connectivity index (χ1n) is 5.63. The predicted molar refractivity (Wildman–Crippen MR) is 75.3 cm³/mol. The van der Waals surface area contributed by atoms with E-state index >= 15 is 0 Å². The van der Waals surface area contributed by atoms with Gasteiger partial charge < -0.3 is 9.47 Å². The lowest BCUT2D eigenvalue weighted by Crippen LogP contribution is -2.22. The predicted octanol–water partition coefficient (Wildman–Crippen LogP) is 3.43. The van der Waals surface area contributed by atoms with Gasteiger partial charge in [-0.05, 0) is 18.2 Å². The maximum atomic E-state index is 11.6. The van der Waals surface area contributed by atoms with E-state index in [0.717, 1.165) is 10.9 Å². The first kappa shape index (κ1) is 13.2. The van der Waals surface area contributed by atoms with Gasteiger partial charge in [0.25, 0.3) is 0 Å². The first-order chi connectivity index (χ1) is 8.49. The third-order valence-corrected chi connectivity index (χ3v) is 3.40. The maximum Gasteiger partial charge on any atom is 0.223 e. The highest BCUT2D eigenvalue weighted by Crippen LogP contribution is 2.28. The van der Waals surface area contributed by atoms with Crippen LogP contribution in [0.25, 0.3) is 10.9 Å². The van der Waals surface area contributed by atoms with Gasteiger partial charge in [0.15, 0.2) is 0 Å². The lowest BCUT2D eigenvalue weighted by atomic mass is 10.2. The van der Waals surface area contributed by atoms with Gasteiger partial charge in [-0.15, -0.1) is 0 Å². The number of hydrogen-bond donors (Lipinski definition) is 0. The SMILES string of the molecule is CN(C)C(=O)CCn1ccc2c(Cl)cc(Cl)cc21. The van der Waals surface area contributed by atoms with Crippen LogP contribution in [0.15, 0.2) is 24.4 Å². The van der Waals surface area contributed by atoms with Gasteiger partial charge in [-0.2, -0.15) is 0 Å². The van der Waals surface area contributed by atoms with Crippen molar-refractivity contribution in [2.24, 2.45) is 0 Å². The average Bonchev–Trinajstić information content (AvgIpc) is 2.69. The molecule has 3 nitrogen and oxygen atoms in total. The molecule has 0 radical (unpaired) electrons. The maximum absolute atomic E-state index is 11.6. The number of aromatic nitrogens is 1. The molecule has 0 atom stereocenters. The van der Waals surface area contributed by atoms with E-state index in [9.17, 15) is 4.79 Å².